The van der Waals surface area contributed by atoms with Crippen LogP contribution in [0.4, 0.5) is 5.82 Å². The van der Waals surface area contributed by atoms with E-state index in [0.717, 1.165) is 16.0 Å². The van der Waals surface area contributed by atoms with Crippen molar-refractivity contribution in [1.82, 2.24) is 4.98 Å². The molecule has 0 atom stereocenters. The average Bonchev–Trinajstić information content (AvgIpc) is 2.78. The summed E-state index contributed by atoms with van der Waals surface area (Å²) >= 11 is 1.67. The molecular formula is C24H18N2O3S. The number of nitrogens with one attached hydrogen (secondary N) is 1. The highest BCUT2D eigenvalue weighted by atomic mass is 32.2. The minimum absolute atomic E-state index is 0.197. The molecule has 0 radical (unpaired) electrons. The van der Waals surface area contributed by atoms with Gasteiger partial charge in [0.2, 0.25) is 0 Å². The molecule has 0 aliphatic rings. The summed E-state index contributed by atoms with van der Waals surface area (Å²) in [6.45, 7) is 0. The molecule has 0 saturated heterocycles. The fourth-order valence-corrected chi connectivity index (χ4v) is 3.62. The number of benzene rings is 3. The standard InChI is InChI=1S/C24H18N2O3S/c1-30-18-10-6-15(7-11-18)19-4-2-3-5-20(19)23(27)26-22-13-9-16-14-17(24(28)29)8-12-21(16)25-22/h2-14H,1H3,(H,28,29)(H,25,26,27). The van der Waals surface area contributed by atoms with Gasteiger partial charge in [0.05, 0.1) is 11.1 Å². The zero-order valence-corrected chi connectivity index (χ0v) is 16.9. The molecule has 3 aromatic carbocycles. The van der Waals surface area contributed by atoms with E-state index in [9.17, 15) is 9.59 Å². The van der Waals surface area contributed by atoms with Crippen LogP contribution in [-0.4, -0.2) is 28.2 Å². The van der Waals surface area contributed by atoms with Gasteiger partial charge in [0, 0.05) is 15.8 Å². The maximum absolute atomic E-state index is 13.0. The smallest absolute Gasteiger partial charge is 0.335 e. The molecule has 1 amide bonds. The summed E-state index contributed by atoms with van der Waals surface area (Å²) < 4.78 is 0. The number of hydrogen-bond donors (Lipinski definition) is 2. The molecule has 1 heterocycles. The van der Waals surface area contributed by atoms with Crippen molar-refractivity contribution >= 4 is 40.4 Å². The molecule has 30 heavy (non-hydrogen) atoms. The maximum Gasteiger partial charge on any atom is 0.335 e. The number of carbonyl (C=O) groups excluding carboxylic acids is 1. The normalized spacial score (nSPS) is 10.7. The van der Waals surface area contributed by atoms with Gasteiger partial charge in [-0.15, -0.1) is 11.8 Å². The largest absolute Gasteiger partial charge is 0.478 e. The van der Waals surface area contributed by atoms with E-state index in [1.807, 2.05) is 48.7 Å². The SMILES string of the molecule is CSc1ccc(-c2ccccc2C(=O)Nc2ccc3cc(C(=O)O)ccc3n2)cc1. The zero-order chi connectivity index (χ0) is 21.1. The zero-order valence-electron chi connectivity index (χ0n) is 16.1. The highest BCUT2D eigenvalue weighted by Crippen LogP contribution is 2.27. The first-order valence-electron chi connectivity index (χ1n) is 9.24. The quantitative estimate of drug-likeness (QED) is 0.417. The highest BCUT2D eigenvalue weighted by Gasteiger charge is 2.14. The first kappa shape index (κ1) is 19.7. The number of thioether (sulfide) groups is 1. The van der Waals surface area contributed by atoms with Crippen LogP contribution in [0.2, 0.25) is 0 Å². The van der Waals surface area contributed by atoms with Crippen LogP contribution < -0.4 is 5.32 Å². The lowest BCUT2D eigenvalue weighted by molar-refractivity contribution is 0.0697. The Morgan fingerprint density at radius 2 is 1.70 bits per heavy atom. The summed E-state index contributed by atoms with van der Waals surface area (Å²) in [5, 5.41) is 12.7. The molecule has 0 saturated carbocycles. The van der Waals surface area contributed by atoms with Crippen molar-refractivity contribution in [2.75, 3.05) is 11.6 Å². The molecule has 1 aromatic heterocycles. The number of hydrogen-bond acceptors (Lipinski definition) is 4. The first-order chi connectivity index (χ1) is 14.5. The number of carboxylic acid groups (broad SMARTS) is 1. The molecule has 0 aliphatic heterocycles. The monoisotopic (exact) mass is 414 g/mol. The van der Waals surface area contributed by atoms with E-state index in [1.54, 1.807) is 42.1 Å². The molecule has 0 fully saturated rings. The van der Waals surface area contributed by atoms with Crippen LogP contribution in [0.15, 0.2) is 83.8 Å². The van der Waals surface area contributed by atoms with Gasteiger partial charge in [-0.3, -0.25) is 4.79 Å². The first-order valence-corrected chi connectivity index (χ1v) is 10.5. The summed E-state index contributed by atoms with van der Waals surface area (Å²) in [6, 6.07) is 23.6. The van der Waals surface area contributed by atoms with E-state index in [-0.39, 0.29) is 11.5 Å². The molecule has 0 unspecified atom stereocenters. The van der Waals surface area contributed by atoms with Crippen molar-refractivity contribution in [1.29, 1.82) is 0 Å². The van der Waals surface area contributed by atoms with Crippen molar-refractivity contribution in [3.8, 4) is 11.1 Å². The molecule has 0 aliphatic carbocycles. The van der Waals surface area contributed by atoms with Crippen molar-refractivity contribution in [2.24, 2.45) is 0 Å². The minimum Gasteiger partial charge on any atom is -0.478 e. The predicted molar refractivity (Wildman–Crippen MR) is 120 cm³/mol. The Kier molecular flexibility index (Phi) is 5.50. The lowest BCUT2D eigenvalue weighted by Crippen LogP contribution is -2.14. The van der Waals surface area contributed by atoms with Crippen molar-refractivity contribution in [2.45, 2.75) is 4.90 Å². The lowest BCUT2D eigenvalue weighted by atomic mass is 9.99. The minimum atomic E-state index is -0.989. The number of carbonyl (C=O) groups is 2. The van der Waals surface area contributed by atoms with E-state index in [4.69, 9.17) is 5.11 Å². The molecule has 0 bridgehead atoms. The number of aromatic carboxylic acids is 1. The van der Waals surface area contributed by atoms with Crippen molar-refractivity contribution in [3.05, 3.63) is 90.0 Å². The molecule has 2 N–H and O–H groups in total. The average molecular weight is 414 g/mol. The molecule has 5 nitrogen and oxygen atoms in total. The van der Waals surface area contributed by atoms with Crippen LogP contribution in [0, 0.1) is 0 Å². The molecule has 148 valence electrons. The molecule has 4 aromatic rings. The van der Waals surface area contributed by atoms with Gasteiger partial charge < -0.3 is 10.4 Å². The fraction of sp³-hybridized carbons (Fsp3) is 0.0417. The van der Waals surface area contributed by atoms with Crippen LogP contribution in [0.25, 0.3) is 22.0 Å². The number of pyridine rings is 1. The second-order valence-corrected chi connectivity index (χ2v) is 7.52. The number of carboxylic acids is 1. The van der Waals surface area contributed by atoms with Gasteiger partial charge in [-0.2, -0.15) is 0 Å². The van der Waals surface area contributed by atoms with Crippen LogP contribution in [0.5, 0.6) is 0 Å². The van der Waals surface area contributed by atoms with Crippen LogP contribution in [0.3, 0.4) is 0 Å². The van der Waals surface area contributed by atoms with E-state index < -0.39 is 5.97 Å². The fourth-order valence-electron chi connectivity index (χ4n) is 3.22. The van der Waals surface area contributed by atoms with Gasteiger partial charge in [-0.05, 0) is 65.9 Å². The maximum atomic E-state index is 13.0. The number of aromatic nitrogens is 1. The summed E-state index contributed by atoms with van der Waals surface area (Å²) in [7, 11) is 0. The second kappa shape index (κ2) is 8.39. The third kappa shape index (κ3) is 4.04. The Morgan fingerprint density at radius 3 is 2.43 bits per heavy atom. The van der Waals surface area contributed by atoms with E-state index in [1.165, 1.54) is 6.07 Å². The van der Waals surface area contributed by atoms with Crippen molar-refractivity contribution in [3.63, 3.8) is 0 Å². The van der Waals surface area contributed by atoms with E-state index >= 15 is 0 Å². The Labute approximate surface area is 177 Å². The number of amides is 1. The lowest BCUT2D eigenvalue weighted by Gasteiger charge is -2.11. The predicted octanol–water partition coefficient (Wildman–Crippen LogP) is 5.57. The molecular weight excluding hydrogens is 396 g/mol. The van der Waals surface area contributed by atoms with Gasteiger partial charge in [0.25, 0.3) is 5.91 Å². The number of anilines is 1. The third-order valence-corrected chi connectivity index (χ3v) is 5.49. The third-order valence-electron chi connectivity index (χ3n) is 4.75. The molecule has 4 rings (SSSR count). The van der Waals surface area contributed by atoms with Crippen molar-refractivity contribution < 1.29 is 14.7 Å². The summed E-state index contributed by atoms with van der Waals surface area (Å²) in [5.41, 5.74) is 3.17. The van der Waals surface area contributed by atoms with Gasteiger partial charge in [-0.25, -0.2) is 9.78 Å². The molecule has 6 heteroatoms. The van der Waals surface area contributed by atoms with Gasteiger partial charge >= 0.3 is 5.97 Å². The molecule has 0 spiro atoms. The highest BCUT2D eigenvalue weighted by molar-refractivity contribution is 7.98. The van der Waals surface area contributed by atoms with Gasteiger partial charge in [-0.1, -0.05) is 30.3 Å². The number of fused-ring (bicyclic) bond motifs is 1. The van der Waals surface area contributed by atoms with Gasteiger partial charge in [0.1, 0.15) is 5.82 Å². The number of rotatable bonds is 5. The Morgan fingerprint density at radius 1 is 0.933 bits per heavy atom. The summed E-state index contributed by atoms with van der Waals surface area (Å²) in [4.78, 5) is 29.7. The van der Waals surface area contributed by atoms with Gasteiger partial charge in [0.15, 0.2) is 0 Å². The van der Waals surface area contributed by atoms with Crippen LogP contribution in [-0.2, 0) is 0 Å². The Hall–Kier alpha value is -3.64. The van der Waals surface area contributed by atoms with Crippen LogP contribution in [0.1, 0.15) is 20.7 Å². The van der Waals surface area contributed by atoms with E-state index in [0.29, 0.717) is 22.3 Å². The summed E-state index contributed by atoms with van der Waals surface area (Å²) in [5.74, 6) is -0.840. The topological polar surface area (TPSA) is 79.3 Å². The second-order valence-electron chi connectivity index (χ2n) is 6.64. The number of nitrogens with zero attached hydrogens (tertiary/aromatic N) is 1. The summed E-state index contributed by atoms with van der Waals surface area (Å²) in [6.07, 6.45) is 2.02. The van der Waals surface area contributed by atoms with Crippen LogP contribution >= 0.6 is 11.8 Å². The Bertz CT molecular complexity index is 1250. The van der Waals surface area contributed by atoms with E-state index in [2.05, 4.69) is 10.3 Å². The Balaban J connectivity index is 1.62.